The average Bonchev–Trinajstić information content (AvgIpc) is 2.30. The first-order valence-corrected chi connectivity index (χ1v) is 6.26. The van der Waals surface area contributed by atoms with Gasteiger partial charge in [-0.1, -0.05) is 0 Å². The molecule has 0 aliphatic carbocycles. The number of hydrogen-bond donors (Lipinski definition) is 2. The predicted octanol–water partition coefficient (Wildman–Crippen LogP) is 1.47. The Morgan fingerprint density at radius 3 is 2.76 bits per heavy atom. The lowest BCUT2D eigenvalue weighted by Crippen LogP contribution is -2.40. The fraction of sp³-hybridized carbons (Fsp3) is 0.455. The van der Waals surface area contributed by atoms with E-state index in [2.05, 4.69) is 20.9 Å². The molecule has 0 saturated carbocycles. The Balaban J connectivity index is 2.28. The van der Waals surface area contributed by atoms with Crippen LogP contribution in [-0.2, 0) is 0 Å². The van der Waals surface area contributed by atoms with Crippen LogP contribution < -0.4 is 10.6 Å². The number of carbonyl (C=O) groups is 1. The van der Waals surface area contributed by atoms with Crippen molar-refractivity contribution in [3.8, 4) is 0 Å². The van der Waals surface area contributed by atoms with Gasteiger partial charge in [-0.15, -0.1) is 0 Å². The molecule has 0 radical (unpaired) electrons. The molecule has 1 saturated heterocycles. The molecule has 1 fully saturated rings. The molecule has 1 aromatic heterocycles. The summed E-state index contributed by atoms with van der Waals surface area (Å²) in [5.41, 5.74) is 6.06. The Morgan fingerprint density at radius 1 is 1.53 bits per heavy atom. The number of anilines is 1. The quantitative estimate of drug-likeness (QED) is 0.864. The second-order valence-corrected chi connectivity index (χ2v) is 5.07. The number of nitrogens with two attached hydrogens (primary N) is 1. The summed E-state index contributed by atoms with van der Waals surface area (Å²) >= 11 is 3.23. The summed E-state index contributed by atoms with van der Waals surface area (Å²) in [5.74, 6) is -0.420. The Kier molecular flexibility index (Phi) is 3.63. The van der Waals surface area contributed by atoms with E-state index in [1.807, 2.05) is 4.90 Å². The summed E-state index contributed by atoms with van der Waals surface area (Å²) in [6, 6.07) is 1.80. The zero-order valence-corrected chi connectivity index (χ0v) is 10.9. The van der Waals surface area contributed by atoms with Crippen molar-refractivity contribution in [1.29, 1.82) is 0 Å². The maximum Gasteiger partial charge on any atom is 0.339 e. The SMILES string of the molecule is NC1CCN(c2ncc(Br)cc2C(=O)O)CC1. The van der Waals surface area contributed by atoms with Crippen LogP contribution in [0.1, 0.15) is 23.2 Å². The Morgan fingerprint density at radius 2 is 2.18 bits per heavy atom. The highest BCUT2D eigenvalue weighted by molar-refractivity contribution is 9.10. The van der Waals surface area contributed by atoms with E-state index < -0.39 is 5.97 Å². The summed E-state index contributed by atoms with van der Waals surface area (Å²) in [6.07, 6.45) is 3.36. The molecule has 0 bridgehead atoms. The third-order valence-electron chi connectivity index (χ3n) is 2.90. The molecule has 92 valence electrons. The van der Waals surface area contributed by atoms with Crippen LogP contribution in [0.3, 0.4) is 0 Å². The second-order valence-electron chi connectivity index (χ2n) is 4.15. The maximum absolute atomic E-state index is 11.2. The van der Waals surface area contributed by atoms with Crippen molar-refractivity contribution >= 4 is 27.7 Å². The summed E-state index contributed by atoms with van der Waals surface area (Å²) in [5, 5.41) is 9.16. The summed E-state index contributed by atoms with van der Waals surface area (Å²) in [6.45, 7) is 1.52. The minimum atomic E-state index is -0.955. The number of piperidine rings is 1. The number of aromatic nitrogens is 1. The lowest BCUT2D eigenvalue weighted by atomic mass is 10.1. The number of carboxylic acid groups (broad SMARTS) is 1. The molecule has 2 heterocycles. The van der Waals surface area contributed by atoms with E-state index >= 15 is 0 Å². The molecule has 1 aromatic rings. The molecule has 2 rings (SSSR count). The van der Waals surface area contributed by atoms with E-state index in [0.29, 0.717) is 10.3 Å². The third kappa shape index (κ3) is 2.76. The number of rotatable bonds is 2. The van der Waals surface area contributed by atoms with E-state index in [4.69, 9.17) is 10.8 Å². The van der Waals surface area contributed by atoms with E-state index in [0.717, 1.165) is 25.9 Å². The molecule has 1 aliphatic rings. The number of nitrogens with zero attached hydrogens (tertiary/aromatic N) is 2. The van der Waals surface area contributed by atoms with Crippen LogP contribution in [0.25, 0.3) is 0 Å². The van der Waals surface area contributed by atoms with Gasteiger partial charge in [0.1, 0.15) is 11.4 Å². The summed E-state index contributed by atoms with van der Waals surface area (Å²) < 4.78 is 0.673. The van der Waals surface area contributed by atoms with Gasteiger partial charge in [0.15, 0.2) is 0 Å². The van der Waals surface area contributed by atoms with E-state index in [-0.39, 0.29) is 11.6 Å². The number of hydrogen-bond acceptors (Lipinski definition) is 4. The fourth-order valence-electron chi connectivity index (χ4n) is 1.95. The van der Waals surface area contributed by atoms with Crippen molar-refractivity contribution < 1.29 is 9.90 Å². The Hall–Kier alpha value is -1.14. The Bertz CT molecular complexity index is 431. The van der Waals surface area contributed by atoms with Crippen LogP contribution >= 0.6 is 15.9 Å². The molecular formula is C11H14BrN3O2. The van der Waals surface area contributed by atoms with Crippen molar-refractivity contribution in [2.45, 2.75) is 18.9 Å². The Labute approximate surface area is 108 Å². The van der Waals surface area contributed by atoms with Gasteiger partial charge in [0.25, 0.3) is 0 Å². The van der Waals surface area contributed by atoms with Crippen LogP contribution in [0.15, 0.2) is 16.7 Å². The van der Waals surface area contributed by atoms with Gasteiger partial charge in [0.2, 0.25) is 0 Å². The third-order valence-corrected chi connectivity index (χ3v) is 3.34. The van der Waals surface area contributed by atoms with E-state index in [1.165, 1.54) is 0 Å². The van der Waals surface area contributed by atoms with Gasteiger partial charge in [-0.3, -0.25) is 0 Å². The molecular weight excluding hydrogens is 286 g/mol. The predicted molar refractivity (Wildman–Crippen MR) is 68.3 cm³/mol. The molecule has 0 spiro atoms. The zero-order chi connectivity index (χ0) is 12.4. The van der Waals surface area contributed by atoms with Crippen LogP contribution in [-0.4, -0.2) is 35.2 Å². The largest absolute Gasteiger partial charge is 0.478 e. The van der Waals surface area contributed by atoms with E-state index in [9.17, 15) is 4.79 Å². The van der Waals surface area contributed by atoms with Crippen molar-refractivity contribution in [2.75, 3.05) is 18.0 Å². The maximum atomic E-state index is 11.2. The lowest BCUT2D eigenvalue weighted by molar-refractivity contribution is 0.0697. The van der Waals surface area contributed by atoms with Gasteiger partial charge in [-0.05, 0) is 34.8 Å². The zero-order valence-electron chi connectivity index (χ0n) is 9.27. The van der Waals surface area contributed by atoms with Crippen LogP contribution in [0, 0.1) is 0 Å². The minimum Gasteiger partial charge on any atom is -0.478 e. The summed E-state index contributed by atoms with van der Waals surface area (Å²) in [4.78, 5) is 17.4. The van der Waals surface area contributed by atoms with E-state index in [1.54, 1.807) is 12.3 Å². The van der Waals surface area contributed by atoms with Gasteiger partial charge in [0.05, 0.1) is 0 Å². The molecule has 5 nitrogen and oxygen atoms in total. The van der Waals surface area contributed by atoms with Gasteiger partial charge >= 0.3 is 5.97 Å². The molecule has 1 aliphatic heterocycles. The van der Waals surface area contributed by atoms with Gasteiger partial charge < -0.3 is 15.7 Å². The molecule has 0 unspecified atom stereocenters. The highest BCUT2D eigenvalue weighted by Crippen LogP contribution is 2.24. The fourth-order valence-corrected chi connectivity index (χ4v) is 2.28. The van der Waals surface area contributed by atoms with Crippen LogP contribution in [0.4, 0.5) is 5.82 Å². The monoisotopic (exact) mass is 299 g/mol. The molecule has 0 amide bonds. The number of halogens is 1. The van der Waals surface area contributed by atoms with Crippen LogP contribution in [0.5, 0.6) is 0 Å². The first kappa shape index (κ1) is 12.3. The van der Waals surface area contributed by atoms with Crippen molar-refractivity contribution in [1.82, 2.24) is 4.98 Å². The average molecular weight is 300 g/mol. The van der Waals surface area contributed by atoms with Crippen molar-refractivity contribution in [3.63, 3.8) is 0 Å². The highest BCUT2D eigenvalue weighted by Gasteiger charge is 2.22. The molecule has 3 N–H and O–H groups in total. The minimum absolute atomic E-state index is 0.218. The van der Waals surface area contributed by atoms with Gasteiger partial charge in [0, 0.05) is 29.8 Å². The first-order valence-electron chi connectivity index (χ1n) is 5.47. The second kappa shape index (κ2) is 5.01. The number of carboxylic acids is 1. The normalized spacial score (nSPS) is 17.2. The standard InChI is InChI=1S/C11H14BrN3O2/c12-7-5-9(11(16)17)10(14-6-7)15-3-1-8(13)2-4-15/h5-6,8H,1-4,13H2,(H,16,17). The molecule has 17 heavy (non-hydrogen) atoms. The number of aromatic carboxylic acids is 1. The smallest absolute Gasteiger partial charge is 0.339 e. The van der Waals surface area contributed by atoms with Gasteiger partial charge in [-0.25, -0.2) is 9.78 Å². The van der Waals surface area contributed by atoms with Crippen molar-refractivity contribution in [3.05, 3.63) is 22.3 Å². The van der Waals surface area contributed by atoms with Gasteiger partial charge in [-0.2, -0.15) is 0 Å². The topological polar surface area (TPSA) is 79.5 Å². The summed E-state index contributed by atoms with van der Waals surface area (Å²) in [7, 11) is 0. The van der Waals surface area contributed by atoms with Crippen molar-refractivity contribution in [2.24, 2.45) is 5.73 Å². The molecule has 0 atom stereocenters. The van der Waals surface area contributed by atoms with Crippen LogP contribution in [0.2, 0.25) is 0 Å². The highest BCUT2D eigenvalue weighted by atomic mass is 79.9. The first-order chi connectivity index (χ1) is 8.08. The molecule has 6 heteroatoms. The molecule has 0 aromatic carbocycles. The lowest BCUT2D eigenvalue weighted by Gasteiger charge is -2.31. The number of pyridine rings is 1.